The largest absolute Gasteiger partial charge is 0.497 e. The Morgan fingerprint density at radius 3 is 2.48 bits per heavy atom. The third-order valence-corrected chi connectivity index (χ3v) is 7.08. The number of methoxy groups -OCH3 is 1. The first-order valence-corrected chi connectivity index (χ1v) is 10.7. The van der Waals surface area contributed by atoms with Crippen LogP contribution in [0.1, 0.15) is 33.7 Å². The van der Waals surface area contributed by atoms with Gasteiger partial charge in [0.15, 0.2) is 5.78 Å². The fraction of sp³-hybridized carbons (Fsp3) is 0.450. The molecule has 1 fully saturated rings. The van der Waals surface area contributed by atoms with E-state index in [0.717, 1.165) is 30.1 Å². The van der Waals surface area contributed by atoms with Gasteiger partial charge in [0.1, 0.15) is 5.75 Å². The van der Waals surface area contributed by atoms with Crippen LogP contribution < -0.4 is 4.74 Å². The number of hydrogen-bond acceptors (Lipinski definition) is 4. The Morgan fingerprint density at radius 2 is 1.89 bits per heavy atom. The van der Waals surface area contributed by atoms with Crippen molar-refractivity contribution in [1.29, 1.82) is 0 Å². The summed E-state index contributed by atoms with van der Waals surface area (Å²) in [6.07, 6.45) is 1.44. The van der Waals surface area contributed by atoms with Crippen LogP contribution in [0, 0.1) is 13.8 Å². The number of aromatic nitrogens is 1. The van der Waals surface area contributed by atoms with Crippen molar-refractivity contribution in [3.63, 3.8) is 0 Å². The molecule has 1 aromatic carbocycles. The van der Waals surface area contributed by atoms with Gasteiger partial charge < -0.3 is 9.30 Å². The van der Waals surface area contributed by atoms with Crippen molar-refractivity contribution < 1.29 is 17.9 Å². The van der Waals surface area contributed by atoms with Crippen molar-refractivity contribution in [3.8, 4) is 5.75 Å². The van der Waals surface area contributed by atoms with Crippen LogP contribution in [0.3, 0.4) is 0 Å². The van der Waals surface area contributed by atoms with Gasteiger partial charge in [-0.05, 0) is 50.5 Å². The molecule has 1 aliphatic rings. The molecule has 27 heavy (non-hydrogen) atoms. The van der Waals surface area contributed by atoms with Crippen molar-refractivity contribution in [3.05, 3.63) is 52.8 Å². The predicted octanol–water partition coefficient (Wildman–Crippen LogP) is 2.57. The second-order valence-electron chi connectivity index (χ2n) is 6.96. The third kappa shape index (κ3) is 4.25. The monoisotopic (exact) mass is 390 g/mol. The summed E-state index contributed by atoms with van der Waals surface area (Å²) >= 11 is 0. The number of hydrogen-bond donors (Lipinski definition) is 0. The lowest BCUT2D eigenvalue weighted by atomic mass is 10.1. The summed E-state index contributed by atoms with van der Waals surface area (Å²) in [6.45, 7) is 5.03. The van der Waals surface area contributed by atoms with Crippen LogP contribution in [0.5, 0.6) is 5.75 Å². The van der Waals surface area contributed by atoms with Gasteiger partial charge in [0.05, 0.1) is 19.4 Å². The van der Waals surface area contributed by atoms with Gasteiger partial charge in [-0.25, -0.2) is 8.42 Å². The van der Waals surface area contributed by atoms with Crippen molar-refractivity contribution in [2.24, 2.45) is 0 Å². The highest BCUT2D eigenvalue weighted by molar-refractivity contribution is 7.89. The molecule has 0 aliphatic carbocycles. The number of rotatable bonds is 7. The molecule has 2 aromatic rings. The molecule has 0 radical (unpaired) electrons. The Kier molecular flexibility index (Phi) is 5.72. The average Bonchev–Trinajstić information content (AvgIpc) is 3.12. The van der Waals surface area contributed by atoms with E-state index in [9.17, 15) is 13.2 Å². The van der Waals surface area contributed by atoms with Crippen molar-refractivity contribution in [2.45, 2.75) is 33.2 Å². The number of Topliss-reactive ketones (excluding diaryl/α,β-unsaturated/α-hetero) is 1. The van der Waals surface area contributed by atoms with Gasteiger partial charge in [-0.2, -0.15) is 4.31 Å². The molecule has 1 aliphatic heterocycles. The first kappa shape index (κ1) is 19.6. The number of sulfonamides is 1. The highest BCUT2D eigenvalue weighted by Crippen LogP contribution is 2.20. The zero-order valence-corrected chi connectivity index (χ0v) is 16.9. The van der Waals surface area contributed by atoms with Crippen molar-refractivity contribution in [1.82, 2.24) is 8.87 Å². The van der Waals surface area contributed by atoms with Crippen LogP contribution in [0.15, 0.2) is 30.3 Å². The maximum atomic E-state index is 12.7. The molecule has 0 unspecified atom stereocenters. The molecular formula is C20H26N2O4S. The standard InChI is InChI=1S/C20H26N2O4S/c1-15-13-19(20(23)14-21-10-4-12-27(21,24)25)16(2)22(15)11-9-17-5-7-18(26-3)8-6-17/h5-8,13H,4,9-12,14H2,1-3H3. The minimum Gasteiger partial charge on any atom is -0.497 e. The number of ether oxygens (including phenoxy) is 1. The Morgan fingerprint density at radius 1 is 1.19 bits per heavy atom. The summed E-state index contributed by atoms with van der Waals surface area (Å²) < 4.78 is 32.5. The Labute approximate surface area is 160 Å². The molecule has 1 saturated heterocycles. The highest BCUT2D eigenvalue weighted by atomic mass is 32.2. The minimum absolute atomic E-state index is 0.0644. The SMILES string of the molecule is COc1ccc(CCn2c(C)cc(C(=O)CN3CCCS3(=O)=O)c2C)cc1. The predicted molar refractivity (Wildman–Crippen MR) is 105 cm³/mol. The van der Waals surface area contributed by atoms with Gasteiger partial charge in [-0.15, -0.1) is 0 Å². The first-order chi connectivity index (χ1) is 12.8. The number of nitrogens with zero attached hydrogens (tertiary/aromatic N) is 2. The van der Waals surface area contributed by atoms with E-state index in [4.69, 9.17) is 4.74 Å². The van der Waals surface area contributed by atoms with Gasteiger partial charge in [0.25, 0.3) is 0 Å². The van der Waals surface area contributed by atoms with E-state index < -0.39 is 10.0 Å². The van der Waals surface area contributed by atoms with E-state index in [1.807, 2.05) is 44.2 Å². The quantitative estimate of drug-likeness (QED) is 0.682. The van der Waals surface area contributed by atoms with Crippen molar-refractivity contribution in [2.75, 3.05) is 26.0 Å². The second-order valence-corrected chi connectivity index (χ2v) is 9.05. The lowest BCUT2D eigenvalue weighted by molar-refractivity contribution is 0.0968. The molecule has 3 rings (SSSR count). The fourth-order valence-corrected chi connectivity index (χ4v) is 5.05. The number of ketones is 1. The summed E-state index contributed by atoms with van der Waals surface area (Å²) in [5.41, 5.74) is 3.71. The highest BCUT2D eigenvalue weighted by Gasteiger charge is 2.30. The lowest BCUT2D eigenvalue weighted by Crippen LogP contribution is -2.31. The lowest BCUT2D eigenvalue weighted by Gasteiger charge is -2.13. The minimum atomic E-state index is -3.26. The van der Waals surface area contributed by atoms with E-state index in [1.165, 1.54) is 9.87 Å². The first-order valence-electron chi connectivity index (χ1n) is 9.12. The maximum absolute atomic E-state index is 12.7. The van der Waals surface area contributed by atoms with Crippen LogP contribution in [0.2, 0.25) is 0 Å². The van der Waals surface area contributed by atoms with E-state index in [2.05, 4.69) is 4.57 Å². The van der Waals surface area contributed by atoms with Gasteiger partial charge in [-0.3, -0.25) is 4.79 Å². The third-order valence-electron chi connectivity index (χ3n) is 5.18. The number of benzene rings is 1. The molecule has 0 bridgehead atoms. The van der Waals surface area contributed by atoms with Crippen LogP contribution in [0.4, 0.5) is 0 Å². The van der Waals surface area contributed by atoms with Crippen LogP contribution in [-0.2, 0) is 23.0 Å². The topological polar surface area (TPSA) is 68.6 Å². The van der Waals surface area contributed by atoms with E-state index >= 15 is 0 Å². The Bertz CT molecular complexity index is 930. The smallest absolute Gasteiger partial charge is 0.214 e. The zero-order valence-electron chi connectivity index (χ0n) is 16.1. The van der Waals surface area contributed by atoms with E-state index in [0.29, 0.717) is 18.5 Å². The molecule has 0 atom stereocenters. The van der Waals surface area contributed by atoms with Crippen LogP contribution >= 0.6 is 0 Å². The normalized spacial score (nSPS) is 16.6. The van der Waals surface area contributed by atoms with E-state index in [-0.39, 0.29) is 18.1 Å². The molecule has 0 N–H and O–H groups in total. The molecule has 0 spiro atoms. The molecule has 7 heteroatoms. The van der Waals surface area contributed by atoms with Gasteiger partial charge >= 0.3 is 0 Å². The summed E-state index contributed by atoms with van der Waals surface area (Å²) in [5, 5.41) is 0. The molecule has 0 saturated carbocycles. The molecule has 146 valence electrons. The molecule has 6 nitrogen and oxygen atoms in total. The number of aryl methyl sites for hydroxylation is 2. The zero-order chi connectivity index (χ0) is 19.6. The van der Waals surface area contributed by atoms with Gasteiger partial charge in [0.2, 0.25) is 10.0 Å². The maximum Gasteiger partial charge on any atom is 0.214 e. The average molecular weight is 391 g/mol. The number of carbonyl (C=O) groups excluding carboxylic acids is 1. The van der Waals surface area contributed by atoms with Gasteiger partial charge in [0, 0.05) is 30.0 Å². The number of carbonyl (C=O) groups is 1. The molecule has 0 amide bonds. The summed E-state index contributed by atoms with van der Waals surface area (Å²) in [7, 11) is -1.62. The second kappa shape index (κ2) is 7.86. The van der Waals surface area contributed by atoms with Crippen LogP contribution in [0.25, 0.3) is 0 Å². The van der Waals surface area contributed by atoms with Crippen LogP contribution in [-0.4, -0.2) is 49.0 Å². The summed E-state index contributed by atoms with van der Waals surface area (Å²) in [4.78, 5) is 12.7. The Balaban J connectivity index is 1.71. The van der Waals surface area contributed by atoms with E-state index in [1.54, 1.807) is 7.11 Å². The van der Waals surface area contributed by atoms with Gasteiger partial charge in [-0.1, -0.05) is 12.1 Å². The summed E-state index contributed by atoms with van der Waals surface area (Å²) in [5.74, 6) is 0.836. The summed E-state index contributed by atoms with van der Waals surface area (Å²) in [6, 6.07) is 9.83. The molecular weight excluding hydrogens is 364 g/mol. The molecule has 2 heterocycles. The van der Waals surface area contributed by atoms with Crippen molar-refractivity contribution >= 4 is 15.8 Å². The molecule has 1 aromatic heterocycles. The Hall–Kier alpha value is -2.12. The fourth-order valence-electron chi connectivity index (χ4n) is 3.57.